The Balaban J connectivity index is 1.66. The van der Waals surface area contributed by atoms with E-state index in [1.165, 1.54) is 31.5 Å². The van der Waals surface area contributed by atoms with Gasteiger partial charge in [0, 0.05) is 30.9 Å². The number of ketones is 1. The van der Waals surface area contributed by atoms with Gasteiger partial charge in [-0.1, -0.05) is 68.4 Å². The molecule has 3 rings (SSSR count). The fourth-order valence-corrected chi connectivity index (χ4v) is 4.21. The van der Waals surface area contributed by atoms with E-state index in [0.717, 1.165) is 16.7 Å². The molecule has 0 aliphatic carbocycles. The number of nitrogens with one attached hydrogen (secondary N) is 4. The maximum atomic E-state index is 13.4. The number of Topliss-reactive ketones (excluding diaryl/α,β-unsaturated/α-hetero) is 1. The summed E-state index contributed by atoms with van der Waals surface area (Å²) in [5.41, 5.74) is 2.97. The smallest absolute Gasteiger partial charge is 0.289 e. The lowest BCUT2D eigenvalue weighted by molar-refractivity contribution is -0.141. The first kappa shape index (κ1) is 31.7. The monoisotopic (exact) mass is 571 g/mol. The molecule has 3 atom stereocenters. The van der Waals surface area contributed by atoms with Crippen molar-refractivity contribution in [2.45, 2.75) is 58.8 Å². The molecule has 2 aromatic carbocycles. The van der Waals surface area contributed by atoms with Crippen LogP contribution < -0.4 is 21.3 Å². The van der Waals surface area contributed by atoms with Crippen molar-refractivity contribution in [1.29, 1.82) is 0 Å². The largest absolute Gasteiger partial charge is 0.345 e. The molecule has 0 saturated heterocycles. The summed E-state index contributed by atoms with van der Waals surface area (Å²) in [5.74, 6) is -3.66. The van der Waals surface area contributed by atoms with Crippen LogP contribution in [0.15, 0.2) is 79.1 Å². The Morgan fingerprint density at radius 3 is 2.05 bits per heavy atom. The molecule has 10 heteroatoms. The molecule has 10 nitrogen and oxygen atoms in total. The average Bonchev–Trinajstić information content (AvgIpc) is 2.99. The van der Waals surface area contributed by atoms with Crippen LogP contribution >= 0.6 is 0 Å². The number of amides is 4. The number of hydrogen-bond donors (Lipinski definition) is 4. The van der Waals surface area contributed by atoms with Crippen molar-refractivity contribution in [3.63, 3.8) is 0 Å². The predicted molar refractivity (Wildman–Crippen MR) is 158 cm³/mol. The van der Waals surface area contributed by atoms with Crippen molar-refractivity contribution in [2.75, 3.05) is 0 Å². The van der Waals surface area contributed by atoms with Crippen molar-refractivity contribution in [1.82, 2.24) is 26.3 Å². The van der Waals surface area contributed by atoms with Crippen molar-refractivity contribution in [3.8, 4) is 0 Å². The fraction of sp³-hybridized carbons (Fsp3) is 0.312. The third kappa shape index (κ3) is 9.09. The number of carbonyl (C=O) groups is 5. The number of aromatic nitrogens is 1. The van der Waals surface area contributed by atoms with E-state index in [1.54, 1.807) is 13.8 Å². The number of nitrogens with zero attached hydrogens (tertiary/aromatic N) is 1. The van der Waals surface area contributed by atoms with Gasteiger partial charge in [0.25, 0.3) is 11.8 Å². The molecule has 0 aliphatic rings. The highest BCUT2D eigenvalue weighted by atomic mass is 16.2. The van der Waals surface area contributed by atoms with Crippen LogP contribution in [0.5, 0.6) is 0 Å². The molecule has 220 valence electrons. The minimum atomic E-state index is -1.10. The zero-order valence-corrected chi connectivity index (χ0v) is 24.2. The third-order valence-corrected chi connectivity index (χ3v) is 6.77. The minimum Gasteiger partial charge on any atom is -0.345 e. The first-order valence-corrected chi connectivity index (χ1v) is 13.8. The van der Waals surface area contributed by atoms with Crippen LogP contribution in [0.2, 0.25) is 0 Å². The predicted octanol–water partition coefficient (Wildman–Crippen LogP) is 2.26. The Bertz CT molecular complexity index is 1390. The Morgan fingerprint density at radius 2 is 1.40 bits per heavy atom. The molecule has 4 N–H and O–H groups in total. The second-order valence-electron chi connectivity index (χ2n) is 10.4. The molecule has 42 heavy (non-hydrogen) atoms. The number of aryl methyl sites for hydroxylation is 1. The Hall–Kier alpha value is -4.86. The number of pyridine rings is 1. The van der Waals surface area contributed by atoms with Gasteiger partial charge >= 0.3 is 0 Å². The van der Waals surface area contributed by atoms with Crippen LogP contribution in [-0.2, 0) is 32.1 Å². The highest BCUT2D eigenvalue weighted by Crippen LogP contribution is 2.11. The zero-order valence-electron chi connectivity index (χ0n) is 24.2. The van der Waals surface area contributed by atoms with E-state index < -0.39 is 47.5 Å². The summed E-state index contributed by atoms with van der Waals surface area (Å²) in [7, 11) is 0. The molecule has 0 saturated carbocycles. The number of carbonyl (C=O) groups excluding carboxylic acids is 5. The van der Waals surface area contributed by atoms with Gasteiger partial charge in [-0.3, -0.25) is 29.0 Å². The molecular weight excluding hydrogens is 534 g/mol. The topological polar surface area (TPSA) is 146 Å². The maximum Gasteiger partial charge on any atom is 0.289 e. The lowest BCUT2D eigenvalue weighted by Crippen LogP contribution is -2.57. The Kier molecular flexibility index (Phi) is 11.5. The van der Waals surface area contributed by atoms with Gasteiger partial charge in [-0.05, 0) is 48.6 Å². The molecule has 0 spiro atoms. The second kappa shape index (κ2) is 15.2. The quantitative estimate of drug-likeness (QED) is 0.232. The van der Waals surface area contributed by atoms with E-state index in [4.69, 9.17) is 0 Å². The van der Waals surface area contributed by atoms with Gasteiger partial charge in [-0.15, -0.1) is 0 Å². The highest BCUT2D eigenvalue weighted by molar-refractivity contribution is 6.38. The molecule has 4 amide bonds. The summed E-state index contributed by atoms with van der Waals surface area (Å²) in [5, 5.41) is 10.6. The van der Waals surface area contributed by atoms with Gasteiger partial charge in [0.05, 0.1) is 6.04 Å². The van der Waals surface area contributed by atoms with Gasteiger partial charge in [0.2, 0.25) is 17.6 Å². The number of hydrogen-bond acceptors (Lipinski definition) is 6. The average molecular weight is 572 g/mol. The summed E-state index contributed by atoms with van der Waals surface area (Å²) in [6.45, 7) is 6.97. The maximum absolute atomic E-state index is 13.4. The molecule has 3 unspecified atom stereocenters. The molecule has 0 bridgehead atoms. The van der Waals surface area contributed by atoms with Crippen molar-refractivity contribution in [3.05, 3.63) is 101 Å². The van der Waals surface area contributed by atoms with Crippen molar-refractivity contribution in [2.24, 2.45) is 5.92 Å². The molecule has 0 aliphatic heterocycles. The summed E-state index contributed by atoms with van der Waals surface area (Å²) in [6, 6.07) is 16.6. The highest BCUT2D eigenvalue weighted by Gasteiger charge is 2.32. The van der Waals surface area contributed by atoms with E-state index >= 15 is 0 Å². The molecule has 1 heterocycles. The molecule has 0 radical (unpaired) electrons. The summed E-state index contributed by atoms with van der Waals surface area (Å²) in [4.78, 5) is 68.7. The van der Waals surface area contributed by atoms with Crippen LogP contribution in [0.1, 0.15) is 47.8 Å². The standard InChI is InChI=1S/C32H37N5O5/c1-20(2)27(28(38)32(42)34-19-23-11-6-5-7-12-23)37-29(39)22(4)35-31(41)26(18-25-13-9-8-10-21(25)3)36-30(40)24-14-16-33-17-15-24/h5-17,20,22,26-27H,18-19H2,1-4H3,(H,34,42)(H,35,41)(H,36,40)(H,37,39). The first-order valence-electron chi connectivity index (χ1n) is 13.8. The van der Waals surface area contributed by atoms with E-state index in [-0.39, 0.29) is 18.9 Å². The van der Waals surface area contributed by atoms with Crippen LogP contribution in [0, 0.1) is 12.8 Å². The minimum absolute atomic E-state index is 0.171. The molecule has 3 aromatic rings. The van der Waals surface area contributed by atoms with Gasteiger partial charge in [-0.25, -0.2) is 0 Å². The lowest BCUT2D eigenvalue weighted by atomic mass is 9.98. The van der Waals surface area contributed by atoms with E-state index in [2.05, 4.69) is 26.3 Å². The molecule has 0 fully saturated rings. The van der Waals surface area contributed by atoms with Crippen LogP contribution in [-0.4, -0.2) is 52.5 Å². The summed E-state index contributed by atoms with van der Waals surface area (Å²) >= 11 is 0. The van der Waals surface area contributed by atoms with Crippen molar-refractivity contribution >= 4 is 29.4 Å². The number of rotatable bonds is 13. The van der Waals surface area contributed by atoms with E-state index in [0.29, 0.717) is 5.56 Å². The van der Waals surface area contributed by atoms with Gasteiger partial charge in [-0.2, -0.15) is 0 Å². The third-order valence-electron chi connectivity index (χ3n) is 6.77. The van der Waals surface area contributed by atoms with E-state index in [1.807, 2.05) is 61.5 Å². The SMILES string of the molecule is Cc1ccccc1CC(NC(=O)c1ccncc1)C(=O)NC(C)C(=O)NC(C(=O)C(=O)NCc1ccccc1)C(C)C. The van der Waals surface area contributed by atoms with Crippen LogP contribution in [0.4, 0.5) is 0 Å². The van der Waals surface area contributed by atoms with Gasteiger partial charge in [0.15, 0.2) is 0 Å². The molecular formula is C32H37N5O5. The van der Waals surface area contributed by atoms with Gasteiger partial charge in [0.1, 0.15) is 12.1 Å². The Labute approximate surface area is 245 Å². The van der Waals surface area contributed by atoms with Gasteiger partial charge < -0.3 is 21.3 Å². The number of benzene rings is 2. The second-order valence-corrected chi connectivity index (χ2v) is 10.4. The lowest BCUT2D eigenvalue weighted by Gasteiger charge is -2.25. The van der Waals surface area contributed by atoms with Crippen LogP contribution in [0.25, 0.3) is 0 Å². The summed E-state index contributed by atoms with van der Waals surface area (Å²) in [6.07, 6.45) is 3.15. The zero-order chi connectivity index (χ0) is 30.6. The van der Waals surface area contributed by atoms with Crippen molar-refractivity contribution < 1.29 is 24.0 Å². The normalized spacial score (nSPS) is 12.9. The first-order chi connectivity index (χ1) is 20.1. The summed E-state index contributed by atoms with van der Waals surface area (Å²) < 4.78 is 0. The van der Waals surface area contributed by atoms with E-state index in [9.17, 15) is 24.0 Å². The Morgan fingerprint density at radius 1 is 0.762 bits per heavy atom. The fourth-order valence-electron chi connectivity index (χ4n) is 4.21. The van der Waals surface area contributed by atoms with Crippen LogP contribution in [0.3, 0.4) is 0 Å². The molecule has 1 aromatic heterocycles.